The zero-order valence-corrected chi connectivity index (χ0v) is 53.0. The maximum atomic E-state index is 4.81. The molecule has 0 saturated heterocycles. The average Bonchev–Trinajstić information content (AvgIpc) is 1.54. The number of hydrogen-bond acceptors (Lipinski definition) is 2. The van der Waals surface area contributed by atoms with E-state index >= 15 is 0 Å². The third-order valence-electron chi connectivity index (χ3n) is 19.5. The number of hydrogen-bond donors (Lipinski definition) is 0. The third kappa shape index (κ3) is 10.3. The lowest BCUT2D eigenvalue weighted by Gasteiger charge is -2.34. The minimum absolute atomic E-state index is 0.214. The predicted molar refractivity (Wildman–Crippen MR) is 384 cm³/mol. The molecule has 0 unspecified atom stereocenters. The molecule has 0 amide bonds. The van der Waals surface area contributed by atoms with E-state index in [1.54, 1.807) is 0 Å². The lowest BCUT2D eigenvalue weighted by Crippen LogP contribution is -2.28. The smallest absolute Gasteiger partial charge is 0.0713 e. The van der Waals surface area contributed by atoms with Crippen molar-refractivity contribution >= 4 is 52.4 Å². The minimum Gasteiger partial charge on any atom is -0.310 e. The number of fused-ring (bicyclic) bond motifs is 7. The molecule has 0 N–H and O–H groups in total. The average molecular weight is 1160 g/mol. The second-order valence-corrected chi connectivity index (χ2v) is 26.2. The molecule has 0 atom stereocenters. The highest BCUT2D eigenvalue weighted by Gasteiger charge is 2.46. The number of rotatable bonds is 12. The number of aryl methyl sites for hydroxylation is 4. The molecule has 2 nitrogen and oxygen atoms in total. The number of allylic oxidation sites excluding steroid dienone is 6. The molecule has 0 radical (unpaired) electrons. The van der Waals surface area contributed by atoms with Crippen LogP contribution in [-0.4, -0.2) is 0 Å². The third-order valence-corrected chi connectivity index (χ3v) is 19.5. The van der Waals surface area contributed by atoms with Gasteiger partial charge in [0.05, 0.1) is 5.41 Å². The Labute approximate surface area is 533 Å². The van der Waals surface area contributed by atoms with Gasteiger partial charge in [-0.3, -0.25) is 0 Å². The van der Waals surface area contributed by atoms with Gasteiger partial charge in [-0.05, 0) is 214 Å². The van der Waals surface area contributed by atoms with Gasteiger partial charge in [-0.15, -0.1) is 0 Å². The zero-order valence-electron chi connectivity index (χ0n) is 53.0. The first-order valence-electron chi connectivity index (χ1n) is 31.8. The van der Waals surface area contributed by atoms with Crippen LogP contribution < -0.4 is 9.80 Å². The van der Waals surface area contributed by atoms with Crippen molar-refractivity contribution < 1.29 is 0 Å². The van der Waals surface area contributed by atoms with E-state index in [0.717, 1.165) is 62.8 Å². The van der Waals surface area contributed by atoms with Gasteiger partial charge in [0, 0.05) is 45.0 Å². The molecular weight excluding hydrogens is 1080 g/mol. The van der Waals surface area contributed by atoms with Crippen LogP contribution in [0, 0.1) is 27.7 Å². The van der Waals surface area contributed by atoms with E-state index < -0.39 is 5.41 Å². The fourth-order valence-electron chi connectivity index (χ4n) is 14.3. The molecule has 90 heavy (non-hydrogen) atoms. The van der Waals surface area contributed by atoms with Crippen molar-refractivity contribution in [2.24, 2.45) is 0 Å². The molecule has 3 aliphatic carbocycles. The fourth-order valence-corrected chi connectivity index (χ4v) is 14.3. The topological polar surface area (TPSA) is 6.48 Å². The van der Waals surface area contributed by atoms with Crippen molar-refractivity contribution in [3.05, 3.63) is 374 Å². The van der Waals surface area contributed by atoms with Crippen LogP contribution in [0.5, 0.6) is 0 Å². The van der Waals surface area contributed by atoms with Gasteiger partial charge in [-0.25, -0.2) is 0 Å². The molecule has 11 aromatic rings. The molecule has 0 aliphatic heterocycles. The highest BCUT2D eigenvalue weighted by molar-refractivity contribution is 5.90. The fraction of sp³-hybridized carbons (Fsp3) is 0.136. The predicted octanol–water partition coefficient (Wildman–Crippen LogP) is 23.3. The Morgan fingerprint density at radius 1 is 0.344 bits per heavy atom. The minimum atomic E-state index is -0.577. The first kappa shape index (κ1) is 57.5. The van der Waals surface area contributed by atoms with Gasteiger partial charge in [0.1, 0.15) is 0 Å². The van der Waals surface area contributed by atoms with Crippen molar-refractivity contribution in [3.63, 3.8) is 0 Å². The van der Waals surface area contributed by atoms with E-state index in [1.165, 1.54) is 94.6 Å². The van der Waals surface area contributed by atoms with E-state index in [1.807, 2.05) is 0 Å². The Hall–Kier alpha value is -10.3. The molecule has 0 fully saturated rings. The summed E-state index contributed by atoms with van der Waals surface area (Å²) in [6, 6.07) is 93.0. The maximum Gasteiger partial charge on any atom is 0.0713 e. The molecular formula is C88H76N2. The quantitative estimate of drug-likeness (QED) is 0.113. The van der Waals surface area contributed by atoms with E-state index in [9.17, 15) is 0 Å². The van der Waals surface area contributed by atoms with Crippen molar-refractivity contribution in [1.82, 2.24) is 0 Å². The van der Waals surface area contributed by atoms with Crippen molar-refractivity contribution in [1.29, 1.82) is 0 Å². The standard InChI is InChI=1S/C88H76N2/c1-59-23-39-71(40-24-59)89(72-41-25-60(2)26-42-72)75-47-38-68-18-16-17-64(53-63(5)86(6,7)81(68)57-75)31-32-66-36-50-79-80-51-37-67(56-85(80)88(84(79)55-66,69-19-12-10-13-20-69)70-21-14-11-15-22-70)34-33-65-35-49-77-78-52-48-76(58-83(78)87(8,9)82(77)54-65)90(73-43-27-61(3)28-44-73)74-45-29-62(4)30-46-74/h10-17,19-58H,5,18H2,1-4,6-9H3/b17-16-,32-31+,34-33+,64-53+. The Morgan fingerprint density at radius 2 is 0.700 bits per heavy atom. The van der Waals surface area contributed by atoms with E-state index in [0.29, 0.717) is 0 Å². The summed E-state index contributed by atoms with van der Waals surface area (Å²) in [7, 11) is 0. The molecule has 438 valence electrons. The van der Waals surface area contributed by atoms with Gasteiger partial charge in [0.15, 0.2) is 0 Å². The van der Waals surface area contributed by atoms with Gasteiger partial charge >= 0.3 is 0 Å². The Balaban J connectivity index is 0.780. The molecule has 0 saturated carbocycles. The van der Waals surface area contributed by atoms with Crippen molar-refractivity contribution in [2.75, 3.05) is 9.80 Å². The van der Waals surface area contributed by atoms with Crippen LogP contribution >= 0.6 is 0 Å². The second kappa shape index (κ2) is 23.0. The summed E-state index contributed by atoms with van der Waals surface area (Å²) in [5.41, 5.74) is 31.8. The summed E-state index contributed by atoms with van der Waals surface area (Å²) in [4.78, 5) is 4.76. The Bertz CT molecular complexity index is 4550. The van der Waals surface area contributed by atoms with Crippen LogP contribution in [0.15, 0.2) is 291 Å². The SMILES string of the molecule is C=C1/C=C(/C=C/c2ccc3c(c2)C(c2ccccc2)(c2ccccc2)c2cc(/C=C/c4ccc5c(c4)C(C)(C)c4cc(N(c6ccc(C)cc6)c6ccc(C)cc6)ccc4-5)ccc2-3)\C=C/Cc2ccc(N(c3ccc(C)cc3)c3ccc(C)cc3)cc2C1(C)C. The number of benzene rings is 11. The summed E-state index contributed by atoms with van der Waals surface area (Å²) < 4.78 is 0. The van der Waals surface area contributed by atoms with Gasteiger partial charge in [-0.2, -0.15) is 0 Å². The molecule has 3 aliphatic rings. The molecule has 14 rings (SSSR count). The summed E-state index contributed by atoms with van der Waals surface area (Å²) >= 11 is 0. The lowest BCUT2D eigenvalue weighted by molar-refractivity contribution is 0.635. The highest BCUT2D eigenvalue weighted by Crippen LogP contribution is 2.57. The largest absolute Gasteiger partial charge is 0.310 e. The first-order chi connectivity index (χ1) is 43.6. The van der Waals surface area contributed by atoms with Crippen LogP contribution in [0.3, 0.4) is 0 Å². The molecule has 0 bridgehead atoms. The Morgan fingerprint density at radius 3 is 1.14 bits per heavy atom. The first-order valence-corrected chi connectivity index (χ1v) is 31.8. The van der Waals surface area contributed by atoms with Crippen LogP contribution in [0.2, 0.25) is 0 Å². The number of anilines is 6. The summed E-state index contributed by atoms with van der Waals surface area (Å²) in [5.74, 6) is 0. The van der Waals surface area contributed by atoms with Gasteiger partial charge in [0.25, 0.3) is 0 Å². The normalized spacial score (nSPS) is 15.8. The maximum absolute atomic E-state index is 4.81. The van der Waals surface area contributed by atoms with Crippen LogP contribution in [0.25, 0.3) is 40.5 Å². The molecule has 0 aromatic heterocycles. The summed E-state index contributed by atoms with van der Waals surface area (Å²) in [6.45, 7) is 22.8. The van der Waals surface area contributed by atoms with Crippen molar-refractivity contribution in [2.45, 2.75) is 78.1 Å². The van der Waals surface area contributed by atoms with E-state index in [4.69, 9.17) is 6.58 Å². The van der Waals surface area contributed by atoms with Gasteiger partial charge in [-0.1, -0.05) is 263 Å². The molecule has 0 heterocycles. The number of nitrogens with zero attached hydrogens (tertiary/aromatic N) is 2. The monoisotopic (exact) mass is 1160 g/mol. The summed E-state index contributed by atoms with van der Waals surface area (Å²) in [6.07, 6.45) is 16.9. The molecule has 2 heteroatoms. The van der Waals surface area contributed by atoms with Crippen LogP contribution in [0.4, 0.5) is 34.1 Å². The van der Waals surface area contributed by atoms with Crippen LogP contribution in [0.1, 0.15) is 111 Å². The van der Waals surface area contributed by atoms with Gasteiger partial charge < -0.3 is 9.80 Å². The molecule has 0 spiro atoms. The van der Waals surface area contributed by atoms with E-state index in [-0.39, 0.29) is 10.8 Å². The second-order valence-electron chi connectivity index (χ2n) is 26.2. The van der Waals surface area contributed by atoms with E-state index in [2.05, 4.69) is 356 Å². The molecule has 11 aromatic carbocycles. The Kier molecular flexibility index (Phi) is 14.7. The highest BCUT2D eigenvalue weighted by atomic mass is 15.1. The van der Waals surface area contributed by atoms with Crippen LogP contribution in [-0.2, 0) is 22.7 Å². The summed E-state index contributed by atoms with van der Waals surface area (Å²) in [5, 5.41) is 0. The lowest BCUT2D eigenvalue weighted by atomic mass is 9.67. The van der Waals surface area contributed by atoms with Gasteiger partial charge in [0.2, 0.25) is 0 Å². The zero-order chi connectivity index (χ0) is 61.9. The van der Waals surface area contributed by atoms with Crippen molar-refractivity contribution in [3.8, 4) is 22.3 Å².